The largest absolute Gasteiger partial charge is 0.394 e. The van der Waals surface area contributed by atoms with E-state index < -0.39 is 6.04 Å². The van der Waals surface area contributed by atoms with Crippen molar-refractivity contribution in [1.29, 1.82) is 0 Å². The molecule has 3 N–H and O–H groups in total. The first-order valence-electron chi connectivity index (χ1n) is 3.36. The van der Waals surface area contributed by atoms with Crippen LogP contribution in [0.5, 0.6) is 0 Å². The maximum atomic E-state index is 12.8. The number of benzene rings is 1. The molecule has 0 aliphatic carbocycles. The van der Waals surface area contributed by atoms with Crippen molar-refractivity contribution in [3.8, 4) is 0 Å². The van der Waals surface area contributed by atoms with Crippen LogP contribution >= 0.6 is 0 Å². The van der Waals surface area contributed by atoms with Gasteiger partial charge in [-0.2, -0.15) is 0 Å². The molecular formula is C8H10FNO. The highest BCUT2D eigenvalue weighted by molar-refractivity contribution is 5.20. The maximum Gasteiger partial charge on any atom is 0.128 e. The van der Waals surface area contributed by atoms with Gasteiger partial charge in [-0.15, -0.1) is 0 Å². The molecule has 0 saturated carbocycles. The van der Waals surface area contributed by atoms with Crippen LogP contribution < -0.4 is 5.73 Å². The summed E-state index contributed by atoms with van der Waals surface area (Å²) in [5.41, 5.74) is 5.76. The van der Waals surface area contributed by atoms with E-state index in [0.29, 0.717) is 5.56 Å². The quantitative estimate of drug-likeness (QED) is 0.664. The Labute approximate surface area is 64.5 Å². The third kappa shape index (κ3) is 1.76. The summed E-state index contributed by atoms with van der Waals surface area (Å²) < 4.78 is 12.8. The third-order valence-electron chi connectivity index (χ3n) is 1.50. The van der Waals surface area contributed by atoms with E-state index in [4.69, 9.17) is 10.8 Å². The highest BCUT2D eigenvalue weighted by atomic mass is 19.1. The van der Waals surface area contributed by atoms with Crippen molar-refractivity contribution >= 4 is 0 Å². The van der Waals surface area contributed by atoms with Gasteiger partial charge >= 0.3 is 0 Å². The van der Waals surface area contributed by atoms with E-state index in [9.17, 15) is 4.39 Å². The molecule has 0 aromatic heterocycles. The Morgan fingerprint density at radius 3 is 2.64 bits per heavy atom. The predicted octanol–water partition coefficient (Wildman–Crippen LogP) is 0.818. The molecule has 0 heterocycles. The Kier molecular flexibility index (Phi) is 2.57. The highest BCUT2D eigenvalue weighted by Gasteiger charge is 2.07. The molecule has 0 bridgehead atoms. The van der Waals surface area contributed by atoms with Gasteiger partial charge in [-0.25, -0.2) is 4.39 Å². The summed E-state index contributed by atoms with van der Waals surface area (Å²) in [5.74, 6) is -0.367. The van der Waals surface area contributed by atoms with E-state index in [-0.39, 0.29) is 12.4 Å². The fourth-order valence-electron chi connectivity index (χ4n) is 0.874. The van der Waals surface area contributed by atoms with Crippen LogP contribution in [0.25, 0.3) is 0 Å². The number of aliphatic hydroxyl groups is 1. The Hall–Kier alpha value is -0.930. The van der Waals surface area contributed by atoms with Crippen LogP contribution in [0.4, 0.5) is 4.39 Å². The fourth-order valence-corrected chi connectivity index (χ4v) is 0.874. The van der Waals surface area contributed by atoms with Gasteiger partial charge in [-0.05, 0) is 6.07 Å². The second-order valence-corrected chi connectivity index (χ2v) is 2.31. The molecule has 1 aromatic rings. The summed E-state index contributed by atoms with van der Waals surface area (Å²) in [5, 5.41) is 8.62. The van der Waals surface area contributed by atoms with Crippen molar-refractivity contribution in [2.45, 2.75) is 6.04 Å². The zero-order chi connectivity index (χ0) is 8.27. The molecule has 0 fully saturated rings. The normalized spacial score (nSPS) is 13.0. The van der Waals surface area contributed by atoms with E-state index in [2.05, 4.69) is 0 Å². The fraction of sp³-hybridized carbons (Fsp3) is 0.250. The minimum atomic E-state index is -0.615. The van der Waals surface area contributed by atoms with Crippen molar-refractivity contribution in [1.82, 2.24) is 0 Å². The maximum absolute atomic E-state index is 12.8. The number of hydrogen-bond donors (Lipinski definition) is 2. The summed E-state index contributed by atoms with van der Waals surface area (Å²) >= 11 is 0. The first-order chi connectivity index (χ1) is 5.25. The van der Waals surface area contributed by atoms with Gasteiger partial charge in [0, 0.05) is 5.56 Å². The molecule has 0 radical (unpaired) electrons. The van der Waals surface area contributed by atoms with Crippen molar-refractivity contribution in [2.75, 3.05) is 6.61 Å². The second kappa shape index (κ2) is 3.46. The van der Waals surface area contributed by atoms with Crippen LogP contribution in [-0.4, -0.2) is 11.7 Å². The van der Waals surface area contributed by atoms with Crippen LogP contribution in [-0.2, 0) is 0 Å². The predicted molar refractivity (Wildman–Crippen MR) is 40.4 cm³/mol. The standard InChI is InChI=1S/C8H10FNO/c9-7-4-2-1-3-6(7)8(10)5-11/h1-4,8,11H,5,10H2/t8-/m0/s1. The first kappa shape index (κ1) is 8.17. The Bertz CT molecular complexity index is 239. The smallest absolute Gasteiger partial charge is 0.128 e. The number of nitrogens with two attached hydrogens (primary N) is 1. The molecule has 0 amide bonds. The van der Waals surface area contributed by atoms with Gasteiger partial charge in [0.15, 0.2) is 0 Å². The number of rotatable bonds is 2. The van der Waals surface area contributed by atoms with E-state index in [1.54, 1.807) is 18.2 Å². The molecule has 60 valence electrons. The Morgan fingerprint density at radius 1 is 1.45 bits per heavy atom. The van der Waals surface area contributed by atoms with Crippen LogP contribution in [0.2, 0.25) is 0 Å². The second-order valence-electron chi connectivity index (χ2n) is 2.31. The molecule has 0 saturated heterocycles. The molecule has 1 aromatic carbocycles. The van der Waals surface area contributed by atoms with Gasteiger partial charge in [0.1, 0.15) is 5.82 Å². The SMILES string of the molecule is N[C@@H](CO)c1ccccc1F. The lowest BCUT2D eigenvalue weighted by atomic mass is 10.1. The molecular weight excluding hydrogens is 145 g/mol. The van der Waals surface area contributed by atoms with Crippen LogP contribution in [0, 0.1) is 5.82 Å². The summed E-state index contributed by atoms with van der Waals surface area (Å²) in [4.78, 5) is 0. The lowest BCUT2D eigenvalue weighted by molar-refractivity contribution is 0.265. The van der Waals surface area contributed by atoms with E-state index in [1.165, 1.54) is 6.07 Å². The van der Waals surface area contributed by atoms with Gasteiger partial charge in [-0.3, -0.25) is 0 Å². The van der Waals surface area contributed by atoms with Crippen molar-refractivity contribution in [2.24, 2.45) is 5.73 Å². The molecule has 1 rings (SSSR count). The van der Waals surface area contributed by atoms with Crippen molar-refractivity contribution in [3.05, 3.63) is 35.6 Å². The Morgan fingerprint density at radius 2 is 2.09 bits per heavy atom. The zero-order valence-electron chi connectivity index (χ0n) is 6.00. The summed E-state index contributed by atoms with van der Waals surface area (Å²) in [6.07, 6.45) is 0. The van der Waals surface area contributed by atoms with Gasteiger partial charge < -0.3 is 10.8 Å². The molecule has 3 heteroatoms. The monoisotopic (exact) mass is 155 g/mol. The molecule has 1 atom stereocenters. The van der Waals surface area contributed by atoms with Gasteiger partial charge in [0.05, 0.1) is 12.6 Å². The summed E-state index contributed by atoms with van der Waals surface area (Å²) in [6.45, 7) is -0.235. The van der Waals surface area contributed by atoms with Crippen LogP contribution in [0.15, 0.2) is 24.3 Å². The third-order valence-corrected chi connectivity index (χ3v) is 1.50. The Balaban J connectivity index is 2.93. The van der Waals surface area contributed by atoms with Crippen molar-refractivity contribution < 1.29 is 9.50 Å². The molecule has 2 nitrogen and oxygen atoms in total. The molecule has 11 heavy (non-hydrogen) atoms. The van der Waals surface area contributed by atoms with Crippen LogP contribution in [0.3, 0.4) is 0 Å². The number of halogens is 1. The minimum absolute atomic E-state index is 0.235. The summed E-state index contributed by atoms with van der Waals surface area (Å²) in [7, 11) is 0. The van der Waals surface area contributed by atoms with E-state index in [0.717, 1.165) is 0 Å². The molecule has 0 aliphatic rings. The molecule has 0 aliphatic heterocycles. The summed E-state index contributed by atoms with van der Waals surface area (Å²) in [6, 6.07) is 5.55. The average Bonchev–Trinajstić information content (AvgIpc) is 2.04. The lowest BCUT2D eigenvalue weighted by Gasteiger charge is -2.08. The topological polar surface area (TPSA) is 46.2 Å². The van der Waals surface area contributed by atoms with Gasteiger partial charge in [0.2, 0.25) is 0 Å². The zero-order valence-corrected chi connectivity index (χ0v) is 6.00. The van der Waals surface area contributed by atoms with Gasteiger partial charge in [-0.1, -0.05) is 18.2 Å². The average molecular weight is 155 g/mol. The minimum Gasteiger partial charge on any atom is -0.394 e. The van der Waals surface area contributed by atoms with Crippen molar-refractivity contribution in [3.63, 3.8) is 0 Å². The highest BCUT2D eigenvalue weighted by Crippen LogP contribution is 2.12. The lowest BCUT2D eigenvalue weighted by Crippen LogP contribution is -2.15. The van der Waals surface area contributed by atoms with Gasteiger partial charge in [0.25, 0.3) is 0 Å². The van der Waals surface area contributed by atoms with E-state index >= 15 is 0 Å². The number of hydrogen-bond acceptors (Lipinski definition) is 2. The van der Waals surface area contributed by atoms with E-state index in [1.807, 2.05) is 0 Å². The number of aliphatic hydroxyl groups excluding tert-OH is 1. The first-order valence-corrected chi connectivity index (χ1v) is 3.36. The molecule has 0 unspecified atom stereocenters. The van der Waals surface area contributed by atoms with Crippen LogP contribution in [0.1, 0.15) is 11.6 Å². The molecule has 0 spiro atoms.